The molecular weight excluding hydrogens is 384 g/mol. The summed E-state index contributed by atoms with van der Waals surface area (Å²) in [5, 5.41) is 22.6. The van der Waals surface area contributed by atoms with Gasteiger partial charge in [0.2, 0.25) is 0 Å². The van der Waals surface area contributed by atoms with Crippen LogP contribution in [0.4, 0.5) is 5.69 Å². The molecule has 0 saturated carbocycles. The Hall–Kier alpha value is -2.52. The van der Waals surface area contributed by atoms with Crippen LogP contribution in [0.2, 0.25) is 0 Å². The van der Waals surface area contributed by atoms with Crippen molar-refractivity contribution in [3.05, 3.63) is 45.8 Å². The summed E-state index contributed by atoms with van der Waals surface area (Å²) in [6.07, 6.45) is 2.00. The number of aromatic nitrogens is 3. The van der Waals surface area contributed by atoms with Gasteiger partial charge in [0.15, 0.2) is 5.69 Å². The lowest BCUT2D eigenvalue weighted by atomic mass is 9.92. The lowest BCUT2D eigenvalue weighted by Crippen LogP contribution is -2.33. The van der Waals surface area contributed by atoms with Gasteiger partial charge in [-0.15, -0.1) is 17.5 Å². The molecule has 4 rings (SSSR count). The van der Waals surface area contributed by atoms with E-state index in [0.717, 1.165) is 39.0 Å². The molecule has 0 bridgehead atoms. The minimum atomic E-state index is -0.454. The van der Waals surface area contributed by atoms with E-state index in [9.17, 15) is 14.9 Å². The fourth-order valence-electron chi connectivity index (χ4n) is 4.08. The largest absolute Gasteiger partial charge is 0.337 e. The number of non-ortho nitro benzene ring substituents is 1. The molecule has 2 aliphatic heterocycles. The maximum atomic E-state index is 13.0. The first-order valence-electron chi connectivity index (χ1n) is 9.21. The average Bonchev–Trinajstić information content (AvgIpc) is 3.22. The van der Waals surface area contributed by atoms with E-state index in [-0.39, 0.29) is 24.0 Å². The Labute approximate surface area is 168 Å². The number of nitro benzene ring substituents is 1. The summed E-state index contributed by atoms with van der Waals surface area (Å²) in [5.41, 5.74) is 1.39. The number of hydrogen-bond acceptors (Lipinski definition) is 6. The van der Waals surface area contributed by atoms with Crippen molar-refractivity contribution in [3.63, 3.8) is 0 Å². The second-order valence-electron chi connectivity index (χ2n) is 7.26. The monoisotopic (exact) mass is 406 g/mol. The third kappa shape index (κ3) is 3.72. The van der Waals surface area contributed by atoms with E-state index in [1.807, 2.05) is 4.90 Å². The van der Waals surface area contributed by atoms with Crippen molar-refractivity contribution < 1.29 is 9.72 Å². The SMILES string of the molecule is Cc1c(C(=O)N2CC[C@@H]3CNC[C@@H]3CC2)nnn1-c1cccc([N+](=O)[O-])c1.Cl. The smallest absolute Gasteiger partial charge is 0.276 e. The summed E-state index contributed by atoms with van der Waals surface area (Å²) >= 11 is 0. The highest BCUT2D eigenvalue weighted by molar-refractivity contribution is 5.93. The van der Waals surface area contributed by atoms with Gasteiger partial charge in [0.05, 0.1) is 16.3 Å². The molecule has 2 fully saturated rings. The molecule has 0 spiro atoms. The minimum absolute atomic E-state index is 0. The molecular formula is C18H23ClN6O3. The number of halogens is 1. The number of nitrogens with zero attached hydrogens (tertiary/aromatic N) is 5. The van der Waals surface area contributed by atoms with Crippen LogP contribution in [0.3, 0.4) is 0 Å². The molecule has 0 aliphatic carbocycles. The summed E-state index contributed by atoms with van der Waals surface area (Å²) in [5.74, 6) is 1.17. The number of carbonyl (C=O) groups is 1. The van der Waals surface area contributed by atoms with Crippen LogP contribution >= 0.6 is 12.4 Å². The number of rotatable bonds is 3. The van der Waals surface area contributed by atoms with Crippen LogP contribution in [0.1, 0.15) is 29.0 Å². The third-order valence-electron chi connectivity index (χ3n) is 5.69. The molecule has 1 aromatic heterocycles. The van der Waals surface area contributed by atoms with Gasteiger partial charge in [-0.25, -0.2) is 4.68 Å². The molecule has 2 saturated heterocycles. The lowest BCUT2D eigenvalue weighted by Gasteiger charge is -2.20. The van der Waals surface area contributed by atoms with Crippen molar-refractivity contribution in [3.8, 4) is 5.69 Å². The Bertz CT molecular complexity index is 872. The molecule has 0 radical (unpaired) electrons. The molecule has 150 valence electrons. The number of benzene rings is 1. The van der Waals surface area contributed by atoms with Gasteiger partial charge in [-0.05, 0) is 50.8 Å². The summed E-state index contributed by atoms with van der Waals surface area (Å²) in [6.45, 7) is 5.29. The number of nitro groups is 1. The molecule has 10 heteroatoms. The van der Waals surface area contributed by atoms with E-state index in [2.05, 4.69) is 15.6 Å². The van der Waals surface area contributed by atoms with Crippen molar-refractivity contribution in [2.24, 2.45) is 11.8 Å². The quantitative estimate of drug-likeness (QED) is 0.617. The van der Waals surface area contributed by atoms with Gasteiger partial charge < -0.3 is 10.2 Å². The topological polar surface area (TPSA) is 106 Å². The third-order valence-corrected chi connectivity index (χ3v) is 5.69. The van der Waals surface area contributed by atoms with Gasteiger partial charge in [0.1, 0.15) is 0 Å². The van der Waals surface area contributed by atoms with Gasteiger partial charge in [0, 0.05) is 25.2 Å². The number of fused-ring (bicyclic) bond motifs is 1. The van der Waals surface area contributed by atoms with Gasteiger partial charge in [-0.2, -0.15) is 0 Å². The van der Waals surface area contributed by atoms with E-state index in [1.165, 1.54) is 16.8 Å². The summed E-state index contributed by atoms with van der Waals surface area (Å²) < 4.78 is 1.48. The van der Waals surface area contributed by atoms with Gasteiger partial charge in [0.25, 0.3) is 11.6 Å². The van der Waals surface area contributed by atoms with Crippen molar-refractivity contribution >= 4 is 24.0 Å². The standard InChI is InChI=1S/C18H22N6O3.ClH/c1-12-17(18(25)22-7-5-13-10-19-11-14(13)6-8-22)20-21-23(12)15-3-2-4-16(9-15)24(26)27;/h2-4,9,13-14,19H,5-8,10-11H2,1H3;1H/t13-,14+;. The second-order valence-corrected chi connectivity index (χ2v) is 7.26. The van der Waals surface area contributed by atoms with Gasteiger partial charge >= 0.3 is 0 Å². The van der Waals surface area contributed by atoms with E-state index in [4.69, 9.17) is 0 Å². The van der Waals surface area contributed by atoms with Crippen LogP contribution in [0.5, 0.6) is 0 Å². The Morgan fingerprint density at radius 3 is 2.57 bits per heavy atom. The lowest BCUT2D eigenvalue weighted by molar-refractivity contribution is -0.384. The maximum absolute atomic E-state index is 13.0. The predicted molar refractivity (Wildman–Crippen MR) is 105 cm³/mol. The van der Waals surface area contributed by atoms with Crippen LogP contribution in [0.25, 0.3) is 5.69 Å². The Morgan fingerprint density at radius 1 is 1.25 bits per heavy atom. The normalized spacial score (nSPS) is 21.5. The van der Waals surface area contributed by atoms with Crippen LogP contribution in [-0.4, -0.2) is 56.9 Å². The van der Waals surface area contributed by atoms with E-state index in [1.54, 1.807) is 19.1 Å². The highest BCUT2D eigenvalue weighted by Crippen LogP contribution is 2.28. The molecule has 2 aliphatic rings. The molecule has 28 heavy (non-hydrogen) atoms. The zero-order chi connectivity index (χ0) is 19.0. The van der Waals surface area contributed by atoms with Crippen molar-refractivity contribution in [1.29, 1.82) is 0 Å². The van der Waals surface area contributed by atoms with Crippen molar-refractivity contribution in [1.82, 2.24) is 25.2 Å². The number of likely N-dealkylation sites (tertiary alicyclic amines) is 1. The zero-order valence-electron chi connectivity index (χ0n) is 15.6. The molecule has 9 nitrogen and oxygen atoms in total. The number of nitrogens with one attached hydrogen (secondary N) is 1. The van der Waals surface area contributed by atoms with Gasteiger partial charge in [-0.3, -0.25) is 14.9 Å². The highest BCUT2D eigenvalue weighted by Gasteiger charge is 2.33. The van der Waals surface area contributed by atoms with Crippen LogP contribution in [-0.2, 0) is 0 Å². The van der Waals surface area contributed by atoms with E-state index < -0.39 is 4.92 Å². The van der Waals surface area contributed by atoms with Crippen LogP contribution in [0.15, 0.2) is 24.3 Å². The average molecular weight is 407 g/mol. The Balaban J connectivity index is 0.00000225. The molecule has 1 amide bonds. The summed E-state index contributed by atoms with van der Waals surface area (Å²) in [4.78, 5) is 25.4. The maximum Gasteiger partial charge on any atom is 0.276 e. The van der Waals surface area contributed by atoms with Crippen LogP contribution in [0, 0.1) is 28.9 Å². The highest BCUT2D eigenvalue weighted by atomic mass is 35.5. The van der Waals surface area contributed by atoms with Gasteiger partial charge in [-0.1, -0.05) is 11.3 Å². The fraction of sp³-hybridized carbons (Fsp3) is 0.500. The Morgan fingerprint density at radius 2 is 1.93 bits per heavy atom. The summed E-state index contributed by atoms with van der Waals surface area (Å²) in [6, 6.07) is 6.15. The first-order valence-corrected chi connectivity index (χ1v) is 9.21. The minimum Gasteiger partial charge on any atom is -0.337 e. The van der Waals surface area contributed by atoms with E-state index in [0.29, 0.717) is 28.9 Å². The van der Waals surface area contributed by atoms with E-state index >= 15 is 0 Å². The van der Waals surface area contributed by atoms with Crippen molar-refractivity contribution in [2.45, 2.75) is 19.8 Å². The molecule has 2 atom stereocenters. The first kappa shape index (κ1) is 20.2. The first-order chi connectivity index (χ1) is 13.0. The molecule has 0 unspecified atom stereocenters. The second kappa shape index (κ2) is 8.24. The fourth-order valence-corrected chi connectivity index (χ4v) is 4.08. The molecule has 2 aromatic rings. The molecule has 1 N–H and O–H groups in total. The van der Waals surface area contributed by atoms with Crippen LogP contribution < -0.4 is 5.32 Å². The van der Waals surface area contributed by atoms with Crippen molar-refractivity contribution in [2.75, 3.05) is 26.2 Å². The Kier molecular flexibility index (Phi) is 5.95. The molecule has 1 aromatic carbocycles. The number of amides is 1. The zero-order valence-corrected chi connectivity index (χ0v) is 16.4. The molecule has 3 heterocycles. The predicted octanol–water partition coefficient (Wildman–Crippen LogP) is 1.98. The number of carbonyl (C=O) groups excluding carboxylic acids is 1. The summed E-state index contributed by atoms with van der Waals surface area (Å²) in [7, 11) is 0. The number of hydrogen-bond donors (Lipinski definition) is 1.